The Hall–Kier alpha value is -1.95. The number of hydrogen-bond donors (Lipinski definition) is 1. The number of rotatable bonds is 1. The summed E-state index contributed by atoms with van der Waals surface area (Å²) in [6, 6.07) is 1.97. The van der Waals surface area contributed by atoms with E-state index in [0.717, 1.165) is 16.8 Å². The van der Waals surface area contributed by atoms with Crippen LogP contribution >= 0.6 is 11.6 Å². The number of aromatic amines is 1. The molecule has 0 radical (unpaired) electrons. The molecule has 86 valence electrons. The maximum Gasteiger partial charge on any atom is 0.226 e. The first-order valence-electron chi connectivity index (χ1n) is 5.05. The van der Waals surface area contributed by atoms with Crippen molar-refractivity contribution in [1.82, 2.24) is 29.9 Å². The summed E-state index contributed by atoms with van der Waals surface area (Å²) in [7, 11) is 0. The summed E-state index contributed by atoms with van der Waals surface area (Å²) in [6.07, 6.45) is 1.66. The smallest absolute Gasteiger partial charge is 0.226 e. The lowest BCUT2D eigenvalue weighted by Crippen LogP contribution is -2.03. The van der Waals surface area contributed by atoms with Crippen LogP contribution in [-0.2, 0) is 0 Å². The number of aryl methyl sites for hydroxylation is 2. The van der Waals surface area contributed by atoms with Crippen LogP contribution in [0.15, 0.2) is 12.3 Å². The van der Waals surface area contributed by atoms with E-state index >= 15 is 0 Å². The lowest BCUT2D eigenvalue weighted by molar-refractivity contribution is 0.810. The predicted molar refractivity (Wildman–Crippen MR) is 63.3 cm³/mol. The Kier molecular flexibility index (Phi) is 2.12. The molecule has 0 spiro atoms. The van der Waals surface area contributed by atoms with Crippen LogP contribution in [0.25, 0.3) is 16.9 Å². The van der Waals surface area contributed by atoms with Crippen molar-refractivity contribution in [3.8, 4) is 5.82 Å². The highest BCUT2D eigenvalue weighted by Crippen LogP contribution is 2.20. The van der Waals surface area contributed by atoms with E-state index in [2.05, 4.69) is 25.3 Å². The Morgan fingerprint density at radius 3 is 2.82 bits per heavy atom. The molecule has 3 heterocycles. The number of nitrogens with one attached hydrogen (secondary N) is 1. The Bertz CT molecular complexity index is 698. The van der Waals surface area contributed by atoms with Crippen molar-refractivity contribution < 1.29 is 0 Å². The van der Waals surface area contributed by atoms with E-state index in [4.69, 9.17) is 11.6 Å². The SMILES string of the molecule is Cc1cc(C)n(-c2nc(Cl)nc3[nH]ncc23)n1. The predicted octanol–water partition coefficient (Wildman–Crippen LogP) is 1.81. The van der Waals surface area contributed by atoms with E-state index in [9.17, 15) is 0 Å². The van der Waals surface area contributed by atoms with Gasteiger partial charge in [-0.15, -0.1) is 0 Å². The number of fused-ring (bicyclic) bond motifs is 1. The van der Waals surface area contributed by atoms with E-state index in [0.29, 0.717) is 11.5 Å². The summed E-state index contributed by atoms with van der Waals surface area (Å²) >= 11 is 5.88. The van der Waals surface area contributed by atoms with Crippen LogP contribution in [0.2, 0.25) is 5.28 Å². The van der Waals surface area contributed by atoms with E-state index < -0.39 is 0 Å². The van der Waals surface area contributed by atoms with Crippen molar-refractivity contribution in [2.24, 2.45) is 0 Å². The zero-order valence-electron chi connectivity index (χ0n) is 9.27. The molecule has 3 aromatic rings. The van der Waals surface area contributed by atoms with Crippen molar-refractivity contribution in [2.45, 2.75) is 13.8 Å². The average Bonchev–Trinajstić information content (AvgIpc) is 2.83. The van der Waals surface area contributed by atoms with Crippen LogP contribution in [-0.4, -0.2) is 29.9 Å². The average molecular weight is 249 g/mol. The second-order valence-electron chi connectivity index (χ2n) is 3.79. The van der Waals surface area contributed by atoms with Crippen LogP contribution in [0.3, 0.4) is 0 Å². The molecule has 0 saturated heterocycles. The number of aromatic nitrogens is 6. The van der Waals surface area contributed by atoms with E-state index in [1.807, 2.05) is 19.9 Å². The van der Waals surface area contributed by atoms with Crippen molar-refractivity contribution in [3.63, 3.8) is 0 Å². The molecule has 1 N–H and O–H groups in total. The monoisotopic (exact) mass is 248 g/mol. The van der Waals surface area contributed by atoms with E-state index in [-0.39, 0.29) is 5.28 Å². The van der Waals surface area contributed by atoms with Crippen molar-refractivity contribution in [3.05, 3.63) is 28.9 Å². The maximum absolute atomic E-state index is 5.88. The van der Waals surface area contributed by atoms with Crippen molar-refractivity contribution in [2.75, 3.05) is 0 Å². The molecule has 17 heavy (non-hydrogen) atoms. The summed E-state index contributed by atoms with van der Waals surface area (Å²) in [4.78, 5) is 8.27. The summed E-state index contributed by atoms with van der Waals surface area (Å²) in [5.74, 6) is 0.638. The molecular weight excluding hydrogens is 240 g/mol. The number of nitrogens with zero attached hydrogens (tertiary/aromatic N) is 5. The summed E-state index contributed by atoms with van der Waals surface area (Å²) in [5.41, 5.74) is 2.51. The molecule has 0 bridgehead atoms. The molecule has 0 aliphatic heterocycles. The highest BCUT2D eigenvalue weighted by molar-refractivity contribution is 6.28. The van der Waals surface area contributed by atoms with Gasteiger partial charge in [0, 0.05) is 5.69 Å². The molecule has 3 rings (SSSR count). The quantitative estimate of drug-likeness (QED) is 0.667. The van der Waals surface area contributed by atoms with Crippen LogP contribution in [0, 0.1) is 13.8 Å². The molecule has 0 aliphatic rings. The maximum atomic E-state index is 5.88. The third-order valence-corrected chi connectivity index (χ3v) is 2.64. The standard InChI is InChI=1S/C10H9ClN6/c1-5-3-6(2)17(16-5)9-7-4-12-15-8(7)13-10(11)14-9/h3-4H,1-2H3,(H,12,13,14,15). The second-order valence-corrected chi connectivity index (χ2v) is 4.13. The molecule has 0 aromatic carbocycles. The van der Waals surface area contributed by atoms with E-state index in [1.54, 1.807) is 10.9 Å². The van der Waals surface area contributed by atoms with Crippen LogP contribution in [0.5, 0.6) is 0 Å². The van der Waals surface area contributed by atoms with Gasteiger partial charge in [-0.3, -0.25) is 5.10 Å². The molecule has 0 saturated carbocycles. The Balaban J connectivity index is 2.36. The fourth-order valence-corrected chi connectivity index (χ4v) is 1.96. The largest absolute Gasteiger partial charge is 0.261 e. The summed E-state index contributed by atoms with van der Waals surface area (Å²) < 4.78 is 1.74. The molecule has 0 fully saturated rings. The highest BCUT2D eigenvalue weighted by atomic mass is 35.5. The van der Waals surface area contributed by atoms with Gasteiger partial charge in [-0.1, -0.05) is 0 Å². The van der Waals surface area contributed by atoms with Gasteiger partial charge in [-0.2, -0.15) is 20.2 Å². The minimum Gasteiger partial charge on any atom is -0.261 e. The lowest BCUT2D eigenvalue weighted by Gasteiger charge is -2.04. The highest BCUT2D eigenvalue weighted by Gasteiger charge is 2.13. The molecule has 7 heteroatoms. The normalized spacial score (nSPS) is 11.2. The first kappa shape index (κ1) is 10.2. The first-order valence-corrected chi connectivity index (χ1v) is 5.43. The number of halogens is 1. The fraction of sp³-hybridized carbons (Fsp3) is 0.200. The third-order valence-electron chi connectivity index (χ3n) is 2.47. The summed E-state index contributed by atoms with van der Waals surface area (Å²) in [6.45, 7) is 3.89. The minimum absolute atomic E-state index is 0.171. The zero-order chi connectivity index (χ0) is 12.0. The molecule has 0 amide bonds. The minimum atomic E-state index is 0.171. The molecule has 0 unspecified atom stereocenters. The second kappa shape index (κ2) is 3.53. The van der Waals surface area contributed by atoms with Gasteiger partial charge < -0.3 is 0 Å². The van der Waals surface area contributed by atoms with E-state index in [1.165, 1.54) is 0 Å². The van der Waals surface area contributed by atoms with Gasteiger partial charge >= 0.3 is 0 Å². The molecule has 0 aliphatic carbocycles. The summed E-state index contributed by atoms with van der Waals surface area (Å²) in [5, 5.41) is 12.0. The van der Waals surface area contributed by atoms with Gasteiger partial charge in [-0.05, 0) is 31.5 Å². The number of hydrogen-bond acceptors (Lipinski definition) is 4. The van der Waals surface area contributed by atoms with Gasteiger partial charge in [0.25, 0.3) is 0 Å². The van der Waals surface area contributed by atoms with Gasteiger partial charge in [0.15, 0.2) is 11.5 Å². The van der Waals surface area contributed by atoms with Gasteiger partial charge in [0.2, 0.25) is 5.28 Å². The van der Waals surface area contributed by atoms with Crippen molar-refractivity contribution >= 4 is 22.6 Å². The molecular formula is C10H9ClN6. The first-order chi connectivity index (χ1) is 8.15. The zero-order valence-corrected chi connectivity index (χ0v) is 10.0. The van der Waals surface area contributed by atoms with Gasteiger partial charge in [0.1, 0.15) is 0 Å². The molecule has 0 atom stereocenters. The fourth-order valence-electron chi connectivity index (χ4n) is 1.80. The van der Waals surface area contributed by atoms with Crippen LogP contribution in [0.1, 0.15) is 11.4 Å². The molecule has 6 nitrogen and oxygen atoms in total. The van der Waals surface area contributed by atoms with Crippen LogP contribution in [0.4, 0.5) is 0 Å². The Morgan fingerprint density at radius 2 is 2.12 bits per heavy atom. The molecule has 3 aromatic heterocycles. The third kappa shape index (κ3) is 1.57. The Labute approximate surface area is 102 Å². The topological polar surface area (TPSA) is 72.3 Å². The van der Waals surface area contributed by atoms with Gasteiger partial charge in [-0.25, -0.2) is 4.68 Å². The van der Waals surface area contributed by atoms with Crippen molar-refractivity contribution in [1.29, 1.82) is 0 Å². The van der Waals surface area contributed by atoms with Gasteiger partial charge in [0.05, 0.1) is 17.3 Å². The Morgan fingerprint density at radius 1 is 1.29 bits per heavy atom. The lowest BCUT2D eigenvalue weighted by atomic mass is 10.3. The number of H-pyrrole nitrogens is 1. The van der Waals surface area contributed by atoms with Crippen LogP contribution < -0.4 is 0 Å².